The van der Waals surface area contributed by atoms with Gasteiger partial charge in [-0.2, -0.15) is 0 Å². The highest BCUT2D eigenvalue weighted by Gasteiger charge is 1.92. The summed E-state index contributed by atoms with van der Waals surface area (Å²) in [6.07, 6.45) is 4.33. The summed E-state index contributed by atoms with van der Waals surface area (Å²) in [6.45, 7) is 4.42. The van der Waals surface area contributed by atoms with E-state index in [9.17, 15) is 4.79 Å². The number of hydrogen-bond donors (Lipinski definition) is 2. The Morgan fingerprint density at radius 1 is 1.54 bits per heavy atom. The first-order chi connectivity index (χ1) is 6.24. The van der Waals surface area contributed by atoms with Gasteiger partial charge in [-0.1, -0.05) is 13.0 Å². The van der Waals surface area contributed by atoms with Gasteiger partial charge in [-0.3, -0.25) is 15.5 Å². The number of rotatable bonds is 6. The van der Waals surface area contributed by atoms with Crippen molar-refractivity contribution in [3.8, 4) is 0 Å². The number of allylic oxidation sites excluding steroid dienone is 3. The zero-order valence-corrected chi connectivity index (χ0v) is 7.91. The van der Waals surface area contributed by atoms with Crippen LogP contribution in [0.25, 0.3) is 0 Å². The molecule has 0 unspecified atom stereocenters. The Kier molecular flexibility index (Phi) is 6.63. The Morgan fingerprint density at radius 3 is 2.69 bits per heavy atom. The van der Waals surface area contributed by atoms with E-state index in [1.807, 2.05) is 18.5 Å². The Morgan fingerprint density at radius 2 is 2.23 bits per heavy atom. The highest BCUT2D eigenvalue weighted by atomic mass is 16.5. The van der Waals surface area contributed by atoms with E-state index in [-0.39, 0.29) is 0 Å². The smallest absolute Gasteiger partial charge is 0.293 e. The second-order valence-electron chi connectivity index (χ2n) is 2.55. The van der Waals surface area contributed by atoms with Crippen molar-refractivity contribution in [2.75, 3.05) is 6.61 Å². The molecule has 0 spiro atoms. The summed E-state index contributed by atoms with van der Waals surface area (Å²) in [5.41, 5.74) is 3.63. The van der Waals surface area contributed by atoms with Gasteiger partial charge in [0.2, 0.25) is 0 Å². The largest absolute Gasteiger partial charge is 0.463 e. The van der Waals surface area contributed by atoms with E-state index in [1.54, 1.807) is 13.0 Å². The molecule has 0 bridgehead atoms. The van der Waals surface area contributed by atoms with Gasteiger partial charge in [0.1, 0.15) is 6.61 Å². The molecule has 0 saturated heterocycles. The maximum atomic E-state index is 9.90. The summed E-state index contributed by atoms with van der Waals surface area (Å²) in [7, 11) is 0. The molecule has 2 N–H and O–H groups in total. The minimum absolute atomic E-state index is 0.301. The third-order valence-corrected chi connectivity index (χ3v) is 1.54. The lowest BCUT2D eigenvalue weighted by Gasteiger charge is -2.01. The zero-order chi connectivity index (χ0) is 10.1. The molecule has 0 aromatic heterocycles. The van der Waals surface area contributed by atoms with E-state index in [2.05, 4.69) is 4.74 Å². The van der Waals surface area contributed by atoms with Crippen molar-refractivity contribution < 1.29 is 14.7 Å². The van der Waals surface area contributed by atoms with Crippen molar-refractivity contribution in [1.82, 2.24) is 5.48 Å². The van der Waals surface area contributed by atoms with Gasteiger partial charge in [-0.05, 0) is 25.0 Å². The van der Waals surface area contributed by atoms with Crippen LogP contribution in [0.2, 0.25) is 0 Å². The minimum Gasteiger partial charge on any atom is -0.463 e. The normalized spacial score (nSPS) is 12.5. The maximum Gasteiger partial charge on any atom is 0.293 e. The van der Waals surface area contributed by atoms with Crippen LogP contribution in [0.5, 0.6) is 0 Å². The van der Waals surface area contributed by atoms with Crippen molar-refractivity contribution >= 4 is 6.47 Å². The Hall–Kier alpha value is -1.29. The van der Waals surface area contributed by atoms with Crippen molar-refractivity contribution in [3.63, 3.8) is 0 Å². The first-order valence-corrected chi connectivity index (χ1v) is 4.06. The second kappa shape index (κ2) is 7.36. The van der Waals surface area contributed by atoms with E-state index in [0.29, 0.717) is 18.8 Å². The summed E-state index contributed by atoms with van der Waals surface area (Å²) < 4.78 is 4.59. The molecule has 0 aliphatic heterocycles. The van der Waals surface area contributed by atoms with Gasteiger partial charge < -0.3 is 4.74 Å². The molecule has 0 rings (SSSR count). The number of nitrogens with one attached hydrogen (secondary N) is 1. The Bertz CT molecular complexity index is 209. The van der Waals surface area contributed by atoms with Gasteiger partial charge >= 0.3 is 0 Å². The number of hydroxylamine groups is 1. The van der Waals surface area contributed by atoms with Gasteiger partial charge in [0, 0.05) is 5.70 Å². The standard InChI is InChI=1S/C9H15NO3/c1-3-9(6-13-7-11)5-4-8(2)10-12/h4-5,7,10,12H,3,6H2,1-2H3/b8-4+,9-5+. The summed E-state index contributed by atoms with van der Waals surface area (Å²) in [5.74, 6) is 0. The molecule has 0 radical (unpaired) electrons. The van der Waals surface area contributed by atoms with E-state index in [4.69, 9.17) is 5.21 Å². The lowest BCUT2D eigenvalue weighted by molar-refractivity contribution is -0.127. The predicted octanol–water partition coefficient (Wildman–Crippen LogP) is 1.38. The lowest BCUT2D eigenvalue weighted by atomic mass is 10.2. The molecule has 4 heteroatoms. The summed E-state index contributed by atoms with van der Waals surface area (Å²) in [6, 6.07) is 0. The average molecular weight is 185 g/mol. The van der Waals surface area contributed by atoms with Crippen molar-refractivity contribution in [1.29, 1.82) is 0 Å². The van der Waals surface area contributed by atoms with Gasteiger partial charge in [0.05, 0.1) is 0 Å². The molecule has 0 aromatic rings. The molecule has 0 aromatic carbocycles. The number of carbonyl (C=O) groups excluding carboxylic acids is 1. The monoisotopic (exact) mass is 185 g/mol. The maximum absolute atomic E-state index is 9.90. The number of carbonyl (C=O) groups is 1. The van der Waals surface area contributed by atoms with Crippen LogP contribution in [0, 0.1) is 0 Å². The molecule has 0 atom stereocenters. The highest BCUT2D eigenvalue weighted by molar-refractivity contribution is 5.37. The molecule has 13 heavy (non-hydrogen) atoms. The third kappa shape index (κ3) is 5.93. The molecular formula is C9H15NO3. The van der Waals surface area contributed by atoms with E-state index < -0.39 is 0 Å². The molecular weight excluding hydrogens is 170 g/mol. The van der Waals surface area contributed by atoms with Crippen LogP contribution in [0.15, 0.2) is 23.4 Å². The van der Waals surface area contributed by atoms with Gasteiger partial charge in [0.15, 0.2) is 0 Å². The Labute approximate surface area is 77.9 Å². The molecule has 0 aliphatic carbocycles. The average Bonchev–Trinajstić information content (AvgIpc) is 2.17. The molecule has 0 amide bonds. The fraction of sp³-hybridized carbons (Fsp3) is 0.444. The third-order valence-electron chi connectivity index (χ3n) is 1.54. The lowest BCUT2D eigenvalue weighted by Crippen LogP contribution is -2.02. The van der Waals surface area contributed by atoms with Gasteiger partial charge in [-0.25, -0.2) is 0 Å². The minimum atomic E-state index is 0.301. The van der Waals surface area contributed by atoms with Crippen LogP contribution in [-0.4, -0.2) is 18.3 Å². The Balaban J connectivity index is 4.12. The van der Waals surface area contributed by atoms with Gasteiger partial charge in [-0.15, -0.1) is 0 Å². The first-order valence-electron chi connectivity index (χ1n) is 4.06. The fourth-order valence-electron chi connectivity index (χ4n) is 0.689. The van der Waals surface area contributed by atoms with E-state index in [1.165, 1.54) is 0 Å². The summed E-state index contributed by atoms with van der Waals surface area (Å²) >= 11 is 0. The number of hydrogen-bond acceptors (Lipinski definition) is 4. The van der Waals surface area contributed by atoms with Crippen molar-refractivity contribution in [2.24, 2.45) is 0 Å². The SMILES string of the molecule is CC/C(=C\C=C(/C)NO)COC=O. The summed E-state index contributed by atoms with van der Waals surface area (Å²) in [4.78, 5) is 9.90. The molecule has 0 saturated carbocycles. The van der Waals surface area contributed by atoms with Crippen LogP contribution >= 0.6 is 0 Å². The van der Waals surface area contributed by atoms with Gasteiger partial charge in [0.25, 0.3) is 6.47 Å². The topological polar surface area (TPSA) is 58.6 Å². The molecule has 0 aliphatic rings. The quantitative estimate of drug-likeness (QED) is 0.373. The fourth-order valence-corrected chi connectivity index (χ4v) is 0.689. The van der Waals surface area contributed by atoms with Crippen LogP contribution in [-0.2, 0) is 9.53 Å². The predicted molar refractivity (Wildman–Crippen MR) is 49.1 cm³/mol. The second-order valence-corrected chi connectivity index (χ2v) is 2.55. The van der Waals surface area contributed by atoms with Crippen LogP contribution in [0.3, 0.4) is 0 Å². The summed E-state index contributed by atoms with van der Waals surface area (Å²) in [5, 5.41) is 8.46. The molecule has 0 fully saturated rings. The number of ether oxygens (including phenoxy) is 1. The van der Waals surface area contributed by atoms with Crippen molar-refractivity contribution in [3.05, 3.63) is 23.4 Å². The first kappa shape index (κ1) is 11.7. The van der Waals surface area contributed by atoms with Crippen LogP contribution in [0.4, 0.5) is 0 Å². The van der Waals surface area contributed by atoms with Crippen LogP contribution < -0.4 is 5.48 Å². The van der Waals surface area contributed by atoms with Crippen LogP contribution in [0.1, 0.15) is 20.3 Å². The van der Waals surface area contributed by atoms with Crippen molar-refractivity contribution in [2.45, 2.75) is 20.3 Å². The van der Waals surface area contributed by atoms with E-state index in [0.717, 1.165) is 12.0 Å². The van der Waals surface area contributed by atoms with E-state index >= 15 is 0 Å². The highest BCUT2D eigenvalue weighted by Crippen LogP contribution is 2.01. The molecule has 0 heterocycles. The molecule has 74 valence electrons. The molecule has 4 nitrogen and oxygen atoms in total. The zero-order valence-electron chi connectivity index (χ0n) is 7.91.